The van der Waals surface area contributed by atoms with Crippen LogP contribution in [0, 0.1) is 5.92 Å². The minimum atomic E-state index is 0.521. The number of nitrogens with two attached hydrogens (primary N) is 1. The molecule has 1 unspecified atom stereocenters. The lowest BCUT2D eigenvalue weighted by Gasteiger charge is -2.05. The number of hydrogen-bond donors (Lipinski definition) is 1. The molecule has 0 aliphatic heterocycles. The molecule has 18 heavy (non-hydrogen) atoms. The highest BCUT2D eigenvalue weighted by Gasteiger charge is 2.16. The van der Waals surface area contributed by atoms with Gasteiger partial charge in [-0.1, -0.05) is 24.9 Å². The van der Waals surface area contributed by atoms with Gasteiger partial charge >= 0.3 is 0 Å². The standard InChI is InChI=1S/C13H23N3OS/c1-10(8-14)6-7-13-15-12(16-17-13)9-18-11-4-2-3-5-11/h10-11H,2-9,14H2,1H3. The molecule has 1 aromatic heterocycles. The summed E-state index contributed by atoms with van der Waals surface area (Å²) in [4.78, 5) is 4.44. The summed E-state index contributed by atoms with van der Waals surface area (Å²) in [5, 5.41) is 4.85. The Bertz CT molecular complexity index is 350. The highest BCUT2D eigenvalue weighted by molar-refractivity contribution is 7.99. The van der Waals surface area contributed by atoms with Crippen LogP contribution in [0.5, 0.6) is 0 Å². The zero-order chi connectivity index (χ0) is 12.8. The van der Waals surface area contributed by atoms with Crippen LogP contribution >= 0.6 is 11.8 Å². The first-order valence-electron chi connectivity index (χ1n) is 6.91. The van der Waals surface area contributed by atoms with Crippen molar-refractivity contribution < 1.29 is 4.52 Å². The average Bonchev–Trinajstić information content (AvgIpc) is 3.04. The Morgan fingerprint density at radius 1 is 1.44 bits per heavy atom. The van der Waals surface area contributed by atoms with Crippen molar-refractivity contribution in [1.82, 2.24) is 10.1 Å². The summed E-state index contributed by atoms with van der Waals surface area (Å²) in [6.07, 6.45) is 7.33. The Morgan fingerprint density at radius 2 is 2.22 bits per heavy atom. The molecule has 0 spiro atoms. The van der Waals surface area contributed by atoms with Crippen LogP contribution < -0.4 is 5.73 Å². The molecule has 2 rings (SSSR count). The third-order valence-corrected chi connectivity index (χ3v) is 4.88. The molecule has 0 aromatic carbocycles. The monoisotopic (exact) mass is 269 g/mol. The first-order valence-corrected chi connectivity index (χ1v) is 7.96. The smallest absolute Gasteiger partial charge is 0.226 e. The van der Waals surface area contributed by atoms with Gasteiger partial charge in [0, 0.05) is 11.7 Å². The molecule has 0 saturated heterocycles. The van der Waals surface area contributed by atoms with Gasteiger partial charge in [-0.3, -0.25) is 0 Å². The maximum atomic E-state index is 5.59. The summed E-state index contributed by atoms with van der Waals surface area (Å²) in [7, 11) is 0. The largest absolute Gasteiger partial charge is 0.339 e. The summed E-state index contributed by atoms with van der Waals surface area (Å²) in [5.74, 6) is 3.02. The second-order valence-corrected chi connectivity index (χ2v) is 6.49. The van der Waals surface area contributed by atoms with Crippen LogP contribution in [0.25, 0.3) is 0 Å². The molecule has 5 heteroatoms. The molecular weight excluding hydrogens is 246 g/mol. The van der Waals surface area contributed by atoms with Crippen LogP contribution in [-0.2, 0) is 12.2 Å². The van der Waals surface area contributed by atoms with E-state index in [1.807, 2.05) is 11.8 Å². The maximum absolute atomic E-state index is 5.59. The molecule has 1 heterocycles. The highest BCUT2D eigenvalue weighted by atomic mass is 32.2. The second kappa shape index (κ2) is 7.14. The van der Waals surface area contributed by atoms with Gasteiger partial charge in [0.2, 0.25) is 5.89 Å². The van der Waals surface area contributed by atoms with Gasteiger partial charge in [0.25, 0.3) is 0 Å². The first kappa shape index (κ1) is 13.9. The zero-order valence-electron chi connectivity index (χ0n) is 11.1. The van der Waals surface area contributed by atoms with Crippen molar-refractivity contribution in [2.75, 3.05) is 6.54 Å². The Balaban J connectivity index is 1.71. The number of nitrogens with zero attached hydrogens (tertiary/aromatic N) is 2. The van der Waals surface area contributed by atoms with E-state index in [1.54, 1.807) is 0 Å². The van der Waals surface area contributed by atoms with Crippen molar-refractivity contribution in [3.8, 4) is 0 Å². The quantitative estimate of drug-likeness (QED) is 0.824. The molecular formula is C13H23N3OS. The van der Waals surface area contributed by atoms with Crippen molar-refractivity contribution in [2.45, 2.75) is 56.5 Å². The third kappa shape index (κ3) is 4.28. The Labute approximate surface area is 113 Å². The molecule has 0 radical (unpaired) electrons. The lowest BCUT2D eigenvalue weighted by Crippen LogP contribution is -2.11. The number of hydrogen-bond acceptors (Lipinski definition) is 5. The highest BCUT2D eigenvalue weighted by Crippen LogP contribution is 2.30. The van der Waals surface area contributed by atoms with Gasteiger partial charge in [-0.05, 0) is 31.7 Å². The SMILES string of the molecule is CC(CN)CCc1nc(CSC2CCCC2)no1. The van der Waals surface area contributed by atoms with Gasteiger partial charge < -0.3 is 10.3 Å². The van der Waals surface area contributed by atoms with E-state index in [-0.39, 0.29) is 0 Å². The molecule has 1 aliphatic rings. The second-order valence-electron chi connectivity index (χ2n) is 5.20. The average molecular weight is 269 g/mol. The minimum absolute atomic E-state index is 0.521. The number of thioether (sulfide) groups is 1. The Hall–Kier alpha value is -0.550. The number of aryl methyl sites for hydroxylation is 1. The summed E-state index contributed by atoms with van der Waals surface area (Å²) in [6, 6.07) is 0. The van der Waals surface area contributed by atoms with Crippen molar-refractivity contribution in [1.29, 1.82) is 0 Å². The zero-order valence-corrected chi connectivity index (χ0v) is 11.9. The lowest BCUT2D eigenvalue weighted by molar-refractivity contribution is 0.362. The molecule has 1 aliphatic carbocycles. The predicted octanol–water partition coefficient (Wildman–Crippen LogP) is 2.77. The Morgan fingerprint density at radius 3 is 2.94 bits per heavy atom. The van der Waals surface area contributed by atoms with Crippen LogP contribution in [0.4, 0.5) is 0 Å². The molecule has 0 bridgehead atoms. The van der Waals surface area contributed by atoms with Gasteiger partial charge in [-0.15, -0.1) is 0 Å². The molecule has 4 nitrogen and oxygen atoms in total. The van der Waals surface area contributed by atoms with Gasteiger partial charge in [0.1, 0.15) is 0 Å². The summed E-state index contributed by atoms with van der Waals surface area (Å²) in [6.45, 7) is 2.87. The van der Waals surface area contributed by atoms with Crippen LogP contribution in [-0.4, -0.2) is 21.9 Å². The van der Waals surface area contributed by atoms with E-state index in [2.05, 4.69) is 17.1 Å². The van der Waals surface area contributed by atoms with Crippen molar-refractivity contribution in [3.63, 3.8) is 0 Å². The van der Waals surface area contributed by atoms with Crippen molar-refractivity contribution in [3.05, 3.63) is 11.7 Å². The van der Waals surface area contributed by atoms with E-state index in [0.29, 0.717) is 5.92 Å². The summed E-state index contributed by atoms with van der Waals surface area (Å²) < 4.78 is 5.26. The fourth-order valence-corrected chi connectivity index (χ4v) is 3.35. The van der Waals surface area contributed by atoms with E-state index in [1.165, 1.54) is 25.7 Å². The summed E-state index contributed by atoms with van der Waals surface area (Å²) in [5.41, 5.74) is 5.59. The lowest BCUT2D eigenvalue weighted by atomic mass is 10.1. The fourth-order valence-electron chi connectivity index (χ4n) is 2.19. The predicted molar refractivity (Wildman–Crippen MR) is 74.4 cm³/mol. The Kier molecular flexibility index (Phi) is 5.50. The van der Waals surface area contributed by atoms with Gasteiger partial charge in [0.15, 0.2) is 5.82 Å². The molecule has 1 atom stereocenters. The maximum Gasteiger partial charge on any atom is 0.226 e. The van der Waals surface area contributed by atoms with Crippen LogP contribution in [0.2, 0.25) is 0 Å². The van der Waals surface area contributed by atoms with E-state index in [9.17, 15) is 0 Å². The van der Waals surface area contributed by atoms with E-state index < -0.39 is 0 Å². The third-order valence-electron chi connectivity index (χ3n) is 3.51. The molecule has 1 aromatic rings. The number of aromatic nitrogens is 2. The van der Waals surface area contributed by atoms with Crippen LogP contribution in [0.15, 0.2) is 4.52 Å². The van der Waals surface area contributed by atoms with Crippen molar-refractivity contribution >= 4 is 11.8 Å². The van der Waals surface area contributed by atoms with Crippen LogP contribution in [0.3, 0.4) is 0 Å². The van der Waals surface area contributed by atoms with Crippen molar-refractivity contribution in [2.24, 2.45) is 11.7 Å². The normalized spacial score (nSPS) is 18.3. The molecule has 102 valence electrons. The number of rotatable bonds is 7. The van der Waals surface area contributed by atoms with Gasteiger partial charge in [-0.25, -0.2) is 0 Å². The molecule has 0 amide bonds. The summed E-state index contributed by atoms with van der Waals surface area (Å²) >= 11 is 1.97. The molecule has 1 fully saturated rings. The van der Waals surface area contributed by atoms with E-state index in [4.69, 9.17) is 10.3 Å². The van der Waals surface area contributed by atoms with Crippen LogP contribution in [0.1, 0.15) is 50.7 Å². The minimum Gasteiger partial charge on any atom is -0.339 e. The molecule has 2 N–H and O–H groups in total. The van der Waals surface area contributed by atoms with E-state index >= 15 is 0 Å². The topological polar surface area (TPSA) is 64.9 Å². The van der Waals surface area contributed by atoms with Gasteiger partial charge in [0.05, 0.1) is 5.75 Å². The van der Waals surface area contributed by atoms with Gasteiger partial charge in [-0.2, -0.15) is 16.7 Å². The first-order chi connectivity index (χ1) is 8.78. The molecule has 1 saturated carbocycles. The van der Waals surface area contributed by atoms with E-state index in [0.717, 1.165) is 42.1 Å². The fraction of sp³-hybridized carbons (Fsp3) is 0.846.